The van der Waals surface area contributed by atoms with Crippen LogP contribution in [0.3, 0.4) is 0 Å². The molecule has 0 bridgehead atoms. The van der Waals surface area contributed by atoms with Crippen molar-refractivity contribution in [2.24, 2.45) is 5.73 Å². The SMILES string of the molecule is CC(C)c1ccc(C(N)c2ccc(Br)cc2F)cc1. The van der Waals surface area contributed by atoms with Gasteiger partial charge in [0.15, 0.2) is 0 Å². The molecule has 2 N–H and O–H groups in total. The first-order valence-electron chi connectivity index (χ1n) is 6.29. The van der Waals surface area contributed by atoms with Gasteiger partial charge in [0.1, 0.15) is 5.82 Å². The number of benzene rings is 2. The van der Waals surface area contributed by atoms with Crippen LogP contribution in [-0.2, 0) is 0 Å². The summed E-state index contributed by atoms with van der Waals surface area (Å²) in [5.41, 5.74) is 8.83. The molecule has 1 unspecified atom stereocenters. The summed E-state index contributed by atoms with van der Waals surface area (Å²) in [5, 5.41) is 0. The van der Waals surface area contributed by atoms with Crippen LogP contribution in [0.4, 0.5) is 4.39 Å². The second kappa shape index (κ2) is 5.85. The summed E-state index contributed by atoms with van der Waals surface area (Å²) in [5.74, 6) is 0.199. The van der Waals surface area contributed by atoms with Gasteiger partial charge in [-0.1, -0.05) is 60.1 Å². The van der Waals surface area contributed by atoms with Crippen molar-refractivity contribution in [3.63, 3.8) is 0 Å². The lowest BCUT2D eigenvalue weighted by Crippen LogP contribution is -2.13. The molecular weight excluding hydrogens is 305 g/mol. The monoisotopic (exact) mass is 321 g/mol. The lowest BCUT2D eigenvalue weighted by atomic mass is 9.95. The Kier molecular flexibility index (Phi) is 4.38. The summed E-state index contributed by atoms with van der Waals surface area (Å²) in [6.45, 7) is 4.28. The average Bonchev–Trinajstić information content (AvgIpc) is 2.38. The van der Waals surface area contributed by atoms with Gasteiger partial charge in [-0.05, 0) is 29.2 Å². The Morgan fingerprint density at radius 1 is 1.00 bits per heavy atom. The zero-order valence-corrected chi connectivity index (χ0v) is 12.6. The second-order valence-corrected chi connectivity index (χ2v) is 5.88. The topological polar surface area (TPSA) is 26.0 Å². The third-order valence-electron chi connectivity index (χ3n) is 3.26. The molecule has 3 heteroatoms. The van der Waals surface area contributed by atoms with Gasteiger partial charge in [0.25, 0.3) is 0 Å². The van der Waals surface area contributed by atoms with E-state index in [2.05, 4.69) is 41.9 Å². The van der Waals surface area contributed by atoms with Crippen molar-refractivity contribution < 1.29 is 4.39 Å². The fraction of sp³-hybridized carbons (Fsp3) is 0.250. The van der Waals surface area contributed by atoms with E-state index in [0.717, 1.165) is 10.0 Å². The number of rotatable bonds is 3. The van der Waals surface area contributed by atoms with E-state index in [9.17, 15) is 4.39 Å². The molecule has 0 saturated carbocycles. The third kappa shape index (κ3) is 3.23. The molecule has 0 fully saturated rings. The predicted octanol–water partition coefficient (Wildman–Crippen LogP) is 4.76. The van der Waals surface area contributed by atoms with E-state index in [4.69, 9.17) is 5.73 Å². The van der Waals surface area contributed by atoms with Crippen LogP contribution in [0.1, 0.15) is 42.5 Å². The lowest BCUT2D eigenvalue weighted by molar-refractivity contribution is 0.599. The first kappa shape index (κ1) is 14.2. The van der Waals surface area contributed by atoms with Crippen molar-refractivity contribution in [1.29, 1.82) is 0 Å². The third-order valence-corrected chi connectivity index (χ3v) is 3.75. The molecule has 2 aromatic rings. The molecule has 0 aliphatic rings. The Balaban J connectivity index is 2.30. The van der Waals surface area contributed by atoms with Crippen molar-refractivity contribution in [2.75, 3.05) is 0 Å². The maximum atomic E-state index is 13.9. The van der Waals surface area contributed by atoms with E-state index in [0.29, 0.717) is 11.5 Å². The summed E-state index contributed by atoms with van der Waals surface area (Å²) in [4.78, 5) is 0. The van der Waals surface area contributed by atoms with Crippen LogP contribution in [0.25, 0.3) is 0 Å². The number of nitrogens with two attached hydrogens (primary N) is 1. The van der Waals surface area contributed by atoms with Crippen LogP contribution in [0.15, 0.2) is 46.9 Å². The van der Waals surface area contributed by atoms with Crippen LogP contribution in [0, 0.1) is 5.82 Å². The number of halogens is 2. The molecule has 0 aliphatic heterocycles. The van der Waals surface area contributed by atoms with E-state index >= 15 is 0 Å². The highest BCUT2D eigenvalue weighted by molar-refractivity contribution is 9.10. The predicted molar refractivity (Wildman–Crippen MR) is 80.7 cm³/mol. The Morgan fingerprint density at radius 2 is 1.58 bits per heavy atom. The smallest absolute Gasteiger partial charge is 0.129 e. The molecule has 0 radical (unpaired) electrons. The molecular formula is C16H17BrFN. The van der Waals surface area contributed by atoms with Crippen molar-refractivity contribution >= 4 is 15.9 Å². The minimum absolute atomic E-state index is 0.283. The largest absolute Gasteiger partial charge is 0.320 e. The van der Waals surface area contributed by atoms with E-state index in [-0.39, 0.29) is 5.82 Å². The highest BCUT2D eigenvalue weighted by atomic mass is 79.9. The Morgan fingerprint density at radius 3 is 2.11 bits per heavy atom. The van der Waals surface area contributed by atoms with Crippen LogP contribution < -0.4 is 5.73 Å². The molecule has 19 heavy (non-hydrogen) atoms. The summed E-state index contributed by atoms with van der Waals surface area (Å²) in [6, 6.07) is 12.6. The second-order valence-electron chi connectivity index (χ2n) is 4.96. The molecule has 0 amide bonds. The summed E-state index contributed by atoms with van der Waals surface area (Å²) >= 11 is 3.25. The van der Waals surface area contributed by atoms with Gasteiger partial charge in [0, 0.05) is 10.0 Å². The van der Waals surface area contributed by atoms with Gasteiger partial charge in [-0.25, -0.2) is 4.39 Å². The van der Waals surface area contributed by atoms with Crippen molar-refractivity contribution in [1.82, 2.24) is 0 Å². The fourth-order valence-electron chi connectivity index (χ4n) is 2.02. The van der Waals surface area contributed by atoms with Gasteiger partial charge in [-0.15, -0.1) is 0 Å². The Hall–Kier alpha value is -1.19. The van der Waals surface area contributed by atoms with Crippen LogP contribution in [0.5, 0.6) is 0 Å². The van der Waals surface area contributed by atoms with E-state index < -0.39 is 6.04 Å². The van der Waals surface area contributed by atoms with Crippen molar-refractivity contribution in [3.8, 4) is 0 Å². The standard InChI is InChI=1S/C16H17BrFN/c1-10(2)11-3-5-12(6-4-11)16(19)14-8-7-13(17)9-15(14)18/h3-10,16H,19H2,1-2H3. The molecule has 0 aliphatic carbocycles. The van der Waals surface area contributed by atoms with Crippen LogP contribution in [-0.4, -0.2) is 0 Å². The van der Waals surface area contributed by atoms with Crippen LogP contribution in [0.2, 0.25) is 0 Å². The van der Waals surface area contributed by atoms with E-state index in [1.807, 2.05) is 12.1 Å². The van der Waals surface area contributed by atoms with Gasteiger partial charge < -0.3 is 5.73 Å². The molecule has 1 atom stereocenters. The Bertz CT molecular complexity index is 563. The van der Waals surface area contributed by atoms with Crippen molar-refractivity contribution in [2.45, 2.75) is 25.8 Å². The molecule has 0 aromatic heterocycles. The van der Waals surface area contributed by atoms with Gasteiger partial charge in [-0.3, -0.25) is 0 Å². The number of hydrogen-bond donors (Lipinski definition) is 1. The maximum absolute atomic E-state index is 13.9. The van der Waals surface area contributed by atoms with Gasteiger partial charge >= 0.3 is 0 Å². The zero-order chi connectivity index (χ0) is 14.0. The maximum Gasteiger partial charge on any atom is 0.129 e. The number of hydrogen-bond acceptors (Lipinski definition) is 1. The van der Waals surface area contributed by atoms with Gasteiger partial charge in [-0.2, -0.15) is 0 Å². The zero-order valence-electron chi connectivity index (χ0n) is 11.0. The summed E-state index contributed by atoms with van der Waals surface area (Å²) in [7, 11) is 0. The normalized spacial score (nSPS) is 12.7. The molecule has 100 valence electrons. The first-order valence-corrected chi connectivity index (χ1v) is 7.08. The van der Waals surface area contributed by atoms with Crippen LogP contribution >= 0.6 is 15.9 Å². The highest BCUT2D eigenvalue weighted by Gasteiger charge is 2.14. The van der Waals surface area contributed by atoms with Gasteiger partial charge in [0.05, 0.1) is 6.04 Å². The van der Waals surface area contributed by atoms with Crippen molar-refractivity contribution in [3.05, 3.63) is 69.4 Å². The molecule has 2 rings (SSSR count). The minimum Gasteiger partial charge on any atom is -0.320 e. The Labute approximate surface area is 121 Å². The highest BCUT2D eigenvalue weighted by Crippen LogP contribution is 2.26. The lowest BCUT2D eigenvalue weighted by Gasteiger charge is -2.15. The first-order chi connectivity index (χ1) is 8.99. The molecule has 0 heterocycles. The van der Waals surface area contributed by atoms with E-state index in [1.54, 1.807) is 12.1 Å². The summed E-state index contributed by atoms with van der Waals surface area (Å²) < 4.78 is 14.6. The average molecular weight is 322 g/mol. The quantitative estimate of drug-likeness (QED) is 0.866. The molecule has 1 nitrogen and oxygen atoms in total. The summed E-state index contributed by atoms with van der Waals surface area (Å²) in [6.07, 6.45) is 0. The van der Waals surface area contributed by atoms with E-state index in [1.165, 1.54) is 11.6 Å². The molecule has 0 saturated heterocycles. The minimum atomic E-state index is -0.436. The molecule has 2 aromatic carbocycles. The fourth-order valence-corrected chi connectivity index (χ4v) is 2.35. The van der Waals surface area contributed by atoms with Gasteiger partial charge in [0.2, 0.25) is 0 Å². The molecule has 0 spiro atoms.